The van der Waals surface area contributed by atoms with Crippen molar-refractivity contribution in [1.82, 2.24) is 0 Å². The average molecular weight is 701 g/mol. The SMILES string of the molecule is CCCCC(=O)O[C@@]12CO[C@@H]1C[C@H](O[Si](CC)(CC)CC)[C@@]1(C)C(=O)[C@H](O)C3=C(C)[C@@H](O)C[C@@](O)([C@@H](OC(=O)c4ccccc4)[C@H]21)C3(C)C. The van der Waals surface area contributed by atoms with Gasteiger partial charge in [-0.25, -0.2) is 4.79 Å². The number of fused-ring (bicyclic) bond motifs is 5. The number of carbonyl (C=O) groups excluding carboxylic acids is 3. The largest absolute Gasteiger partial charge is 0.455 e. The summed E-state index contributed by atoms with van der Waals surface area (Å²) in [7, 11) is -2.44. The second-order valence-electron chi connectivity index (χ2n) is 15.5. The van der Waals surface area contributed by atoms with Gasteiger partial charge in [-0.3, -0.25) is 9.59 Å². The lowest BCUT2D eigenvalue weighted by Crippen LogP contribution is -2.82. The van der Waals surface area contributed by atoms with Gasteiger partial charge in [-0.1, -0.05) is 66.2 Å². The van der Waals surface area contributed by atoms with E-state index in [1.54, 1.807) is 58.0 Å². The number of aliphatic hydroxyl groups excluding tert-OH is 2. The monoisotopic (exact) mass is 700 g/mol. The van der Waals surface area contributed by atoms with Crippen molar-refractivity contribution in [2.75, 3.05) is 6.61 Å². The fraction of sp³-hybridized carbons (Fsp3) is 0.711. The third-order valence-electron chi connectivity index (χ3n) is 12.9. The van der Waals surface area contributed by atoms with Crippen LogP contribution >= 0.6 is 0 Å². The molecule has 0 amide bonds. The van der Waals surface area contributed by atoms with Crippen LogP contribution in [0.3, 0.4) is 0 Å². The summed E-state index contributed by atoms with van der Waals surface area (Å²) in [5, 5.41) is 36.9. The van der Waals surface area contributed by atoms with Gasteiger partial charge < -0.3 is 34.0 Å². The van der Waals surface area contributed by atoms with Crippen LogP contribution in [0, 0.1) is 16.7 Å². The van der Waals surface area contributed by atoms with Crippen LogP contribution in [0.2, 0.25) is 18.1 Å². The molecule has 9 atom stereocenters. The molecule has 1 saturated heterocycles. The van der Waals surface area contributed by atoms with Crippen LogP contribution in [0.25, 0.3) is 0 Å². The Hall–Kier alpha value is -2.41. The summed E-state index contributed by atoms with van der Waals surface area (Å²) in [6.45, 7) is 14.9. The van der Waals surface area contributed by atoms with Gasteiger partial charge in [0.05, 0.1) is 35.7 Å². The van der Waals surface area contributed by atoms with Crippen LogP contribution in [0.4, 0.5) is 0 Å². The van der Waals surface area contributed by atoms with Gasteiger partial charge in [-0.05, 0) is 61.7 Å². The van der Waals surface area contributed by atoms with Crippen LogP contribution < -0.4 is 0 Å². The highest BCUT2D eigenvalue weighted by Gasteiger charge is 2.78. The van der Waals surface area contributed by atoms with Gasteiger partial charge in [-0.2, -0.15) is 0 Å². The van der Waals surface area contributed by atoms with Crippen LogP contribution in [0.15, 0.2) is 41.5 Å². The summed E-state index contributed by atoms with van der Waals surface area (Å²) in [5.41, 5.74) is -5.69. The Morgan fingerprint density at radius 3 is 2.20 bits per heavy atom. The van der Waals surface area contributed by atoms with E-state index < -0.39 is 84.5 Å². The molecule has 1 heterocycles. The number of aliphatic hydroxyl groups is 3. The van der Waals surface area contributed by atoms with Crippen LogP contribution in [-0.2, 0) is 28.2 Å². The first-order valence-electron chi connectivity index (χ1n) is 18.1. The third kappa shape index (κ3) is 5.76. The van der Waals surface area contributed by atoms with Gasteiger partial charge in [0.2, 0.25) is 0 Å². The molecule has 0 unspecified atom stereocenters. The maximum atomic E-state index is 15.3. The maximum Gasteiger partial charge on any atom is 0.338 e. The number of ketones is 1. The molecule has 0 radical (unpaired) electrons. The Bertz CT molecular complexity index is 1450. The Kier molecular flexibility index (Phi) is 10.5. The van der Waals surface area contributed by atoms with Crippen molar-refractivity contribution in [3.63, 3.8) is 0 Å². The molecule has 3 fully saturated rings. The zero-order chi connectivity index (χ0) is 36.2. The number of hydrogen-bond donors (Lipinski definition) is 3. The Morgan fingerprint density at radius 2 is 1.65 bits per heavy atom. The summed E-state index contributed by atoms with van der Waals surface area (Å²) in [6.07, 6.45) is -4.54. The van der Waals surface area contributed by atoms with Gasteiger partial charge in [-0.15, -0.1) is 0 Å². The minimum absolute atomic E-state index is 0.0933. The lowest BCUT2D eigenvalue weighted by molar-refractivity contribution is -0.345. The minimum Gasteiger partial charge on any atom is -0.455 e. The van der Waals surface area contributed by atoms with E-state index in [1.807, 2.05) is 6.92 Å². The zero-order valence-corrected chi connectivity index (χ0v) is 31.4. The van der Waals surface area contributed by atoms with E-state index in [-0.39, 0.29) is 37.0 Å². The summed E-state index contributed by atoms with van der Waals surface area (Å²) >= 11 is 0. The topological polar surface area (TPSA) is 149 Å². The highest BCUT2D eigenvalue weighted by molar-refractivity contribution is 6.73. The van der Waals surface area contributed by atoms with E-state index in [9.17, 15) is 24.9 Å². The van der Waals surface area contributed by atoms with Gasteiger partial charge >= 0.3 is 11.9 Å². The lowest BCUT2D eigenvalue weighted by atomic mass is 9.44. The van der Waals surface area contributed by atoms with Gasteiger partial charge in [0.15, 0.2) is 19.7 Å². The average Bonchev–Trinajstić information content (AvgIpc) is 3.07. The standard InChI is InChI=1S/C38H56O10Si/c1-9-13-19-28(40)47-37-22-45-27(37)20-26(48-49(10-2,11-3)12-4)36(8)31(37)33(46-34(43)24-17-15-14-16-18-24)38(44)21-25(39)23(5)29(35(38,6)7)30(41)32(36)42/h14-18,25-27,30-31,33,39,41,44H,9-13,19-22H2,1-8H3/t25-,26-,27+,30+,31-,33-,36+,37-,38+/m0/s1. The fourth-order valence-corrected chi connectivity index (χ4v) is 12.4. The Labute approximate surface area is 291 Å². The molecule has 0 aromatic heterocycles. The second kappa shape index (κ2) is 13.6. The van der Waals surface area contributed by atoms with Crippen molar-refractivity contribution >= 4 is 26.0 Å². The molecule has 1 aliphatic heterocycles. The number of benzene rings is 1. The number of rotatable bonds is 11. The molecule has 49 heavy (non-hydrogen) atoms. The number of esters is 2. The molecule has 3 N–H and O–H groups in total. The summed E-state index contributed by atoms with van der Waals surface area (Å²) < 4.78 is 26.3. The maximum absolute atomic E-state index is 15.3. The fourth-order valence-electron chi connectivity index (χ4n) is 9.43. The molecule has 5 rings (SSSR count). The van der Waals surface area contributed by atoms with Gasteiger partial charge in [0.1, 0.15) is 23.9 Å². The van der Waals surface area contributed by atoms with E-state index in [0.717, 1.165) is 24.6 Å². The van der Waals surface area contributed by atoms with Crippen LogP contribution in [0.1, 0.15) is 97.9 Å². The lowest BCUT2D eigenvalue weighted by Gasteiger charge is -2.68. The molecule has 11 heteroatoms. The molecule has 1 aromatic rings. The number of unbranched alkanes of at least 4 members (excludes halogenated alkanes) is 1. The van der Waals surface area contributed by atoms with Crippen LogP contribution in [-0.4, -0.2) is 89.7 Å². The van der Waals surface area contributed by atoms with Crippen molar-refractivity contribution in [2.24, 2.45) is 16.7 Å². The highest BCUT2D eigenvalue weighted by Crippen LogP contribution is 2.64. The Balaban J connectivity index is 1.82. The van der Waals surface area contributed by atoms with Gasteiger partial charge in [0.25, 0.3) is 0 Å². The molecule has 4 aliphatic rings. The molecule has 1 aromatic carbocycles. The molecule has 2 bridgehead atoms. The van der Waals surface area contributed by atoms with E-state index in [4.69, 9.17) is 18.6 Å². The van der Waals surface area contributed by atoms with Gasteiger partial charge in [0, 0.05) is 24.7 Å². The molecular formula is C38H56O10Si. The zero-order valence-electron chi connectivity index (χ0n) is 30.4. The molecule has 0 spiro atoms. The number of ether oxygens (including phenoxy) is 3. The predicted octanol–water partition coefficient (Wildman–Crippen LogP) is 5.28. The third-order valence-corrected chi connectivity index (χ3v) is 17.6. The molecular weight excluding hydrogens is 644 g/mol. The van der Waals surface area contributed by atoms with E-state index in [0.29, 0.717) is 12.0 Å². The first-order chi connectivity index (χ1) is 23.0. The second-order valence-corrected chi connectivity index (χ2v) is 20.2. The van der Waals surface area contributed by atoms with E-state index in [1.165, 1.54) is 0 Å². The molecule has 272 valence electrons. The van der Waals surface area contributed by atoms with Crippen LogP contribution in [0.5, 0.6) is 0 Å². The quantitative estimate of drug-likeness (QED) is 0.158. The summed E-state index contributed by atoms with van der Waals surface area (Å²) in [6, 6.07) is 10.7. The smallest absolute Gasteiger partial charge is 0.338 e. The first kappa shape index (κ1) is 37.8. The molecule has 2 saturated carbocycles. The highest BCUT2D eigenvalue weighted by atomic mass is 28.4. The number of Topliss-reactive ketones (excluding diaryl/α,β-unsaturated/α-hetero) is 1. The normalized spacial score (nSPS) is 36.8. The first-order valence-corrected chi connectivity index (χ1v) is 20.7. The van der Waals surface area contributed by atoms with Crippen molar-refractivity contribution in [3.8, 4) is 0 Å². The molecule has 10 nitrogen and oxygen atoms in total. The summed E-state index contributed by atoms with van der Waals surface area (Å²) in [4.78, 5) is 43.0. The predicted molar refractivity (Wildman–Crippen MR) is 185 cm³/mol. The van der Waals surface area contributed by atoms with Crippen molar-refractivity contribution < 1.29 is 48.3 Å². The van der Waals surface area contributed by atoms with E-state index >= 15 is 4.79 Å². The minimum atomic E-state index is -2.44. The summed E-state index contributed by atoms with van der Waals surface area (Å²) in [5.74, 6) is -3.00. The van der Waals surface area contributed by atoms with Crippen molar-refractivity contribution in [1.29, 1.82) is 0 Å². The van der Waals surface area contributed by atoms with E-state index in [2.05, 4.69) is 20.8 Å². The van der Waals surface area contributed by atoms with Crippen molar-refractivity contribution in [2.45, 2.75) is 147 Å². The Morgan fingerprint density at radius 1 is 1.02 bits per heavy atom. The van der Waals surface area contributed by atoms with Crippen molar-refractivity contribution in [3.05, 3.63) is 47.0 Å². The number of hydrogen-bond acceptors (Lipinski definition) is 10. The number of carbonyl (C=O) groups is 3. The molecule has 3 aliphatic carbocycles.